The minimum absolute atomic E-state index is 0.00543. The number of ketones is 1. The summed E-state index contributed by atoms with van der Waals surface area (Å²) >= 11 is 6.52. The van der Waals surface area contributed by atoms with Crippen molar-refractivity contribution in [2.45, 2.75) is 38.0 Å². The van der Waals surface area contributed by atoms with Gasteiger partial charge in [0.2, 0.25) is 5.88 Å². The van der Waals surface area contributed by atoms with Gasteiger partial charge in [-0.25, -0.2) is 4.99 Å². The van der Waals surface area contributed by atoms with E-state index in [1.807, 2.05) is 12.1 Å². The molecule has 0 spiro atoms. The lowest BCUT2D eigenvalue weighted by molar-refractivity contribution is 0.0991. The number of Topliss-reactive ketones (excluding diaryl/α,β-unsaturated/α-hetero) is 1. The molecular formula is C29H33ClN6O4. The molecule has 1 fully saturated rings. The van der Waals surface area contributed by atoms with Gasteiger partial charge >= 0.3 is 0 Å². The minimum atomic E-state index is -0.934. The largest absolute Gasteiger partial charge is 0.495 e. The Labute approximate surface area is 239 Å². The second kappa shape index (κ2) is 13.5. The summed E-state index contributed by atoms with van der Waals surface area (Å²) < 4.78 is 11.3. The third-order valence-electron chi connectivity index (χ3n) is 7.02. The number of rotatable bonds is 11. The van der Waals surface area contributed by atoms with Crippen LogP contribution in [0.25, 0.3) is 0 Å². The molecule has 1 atom stereocenters. The number of halogens is 1. The fourth-order valence-electron chi connectivity index (χ4n) is 4.81. The van der Waals surface area contributed by atoms with Gasteiger partial charge in [0.05, 0.1) is 23.4 Å². The number of piperidine rings is 1. The Balaban J connectivity index is 1.42. The highest BCUT2D eigenvalue weighted by atomic mass is 35.5. The lowest BCUT2D eigenvalue weighted by Crippen LogP contribution is -2.42. The van der Waals surface area contributed by atoms with Crippen LogP contribution in [0, 0.1) is 11.3 Å². The Kier molecular flexibility index (Phi) is 9.90. The second-order valence-electron chi connectivity index (χ2n) is 9.67. The van der Waals surface area contributed by atoms with Crippen molar-refractivity contribution in [3.8, 4) is 17.6 Å². The highest BCUT2D eigenvalue weighted by Gasteiger charge is 2.25. The molecule has 11 heteroatoms. The smallest absolute Gasteiger partial charge is 0.238 e. The number of aliphatic hydroxyl groups excluding tert-OH is 1. The van der Waals surface area contributed by atoms with Crippen LogP contribution in [-0.4, -0.2) is 68.7 Å². The van der Waals surface area contributed by atoms with E-state index in [1.165, 1.54) is 13.3 Å². The van der Waals surface area contributed by atoms with Crippen molar-refractivity contribution in [1.29, 1.82) is 5.26 Å². The first kappa shape index (κ1) is 29.2. The summed E-state index contributed by atoms with van der Waals surface area (Å²) in [6.45, 7) is 5.53. The van der Waals surface area contributed by atoms with Crippen LogP contribution >= 0.6 is 11.6 Å². The number of nitrogens with zero attached hydrogens (tertiary/aromatic N) is 4. The summed E-state index contributed by atoms with van der Waals surface area (Å²) in [5.74, 6) is 0.771. The highest BCUT2D eigenvalue weighted by Crippen LogP contribution is 2.35. The number of hydrogen-bond donors (Lipinski definition) is 3. The minimum Gasteiger partial charge on any atom is -0.495 e. The van der Waals surface area contributed by atoms with Gasteiger partial charge in [-0.15, -0.1) is 0 Å². The Morgan fingerprint density at radius 3 is 2.80 bits per heavy atom. The van der Waals surface area contributed by atoms with E-state index < -0.39 is 6.23 Å². The predicted molar refractivity (Wildman–Crippen MR) is 156 cm³/mol. The third kappa shape index (κ3) is 6.87. The Morgan fingerprint density at radius 2 is 2.10 bits per heavy atom. The van der Waals surface area contributed by atoms with E-state index in [0.717, 1.165) is 31.5 Å². The average molecular weight is 565 g/mol. The van der Waals surface area contributed by atoms with Crippen LogP contribution in [0.2, 0.25) is 5.02 Å². The molecule has 0 amide bonds. The van der Waals surface area contributed by atoms with E-state index in [-0.39, 0.29) is 29.9 Å². The molecule has 1 aliphatic heterocycles. The zero-order valence-corrected chi connectivity index (χ0v) is 23.4. The first-order valence-electron chi connectivity index (χ1n) is 13.0. The van der Waals surface area contributed by atoms with E-state index in [2.05, 4.69) is 39.3 Å². The number of aliphatic imine (C=N–C) groups is 2. The average Bonchev–Trinajstić information content (AvgIpc) is 3.34. The summed E-state index contributed by atoms with van der Waals surface area (Å²) in [7, 11) is 3.61. The van der Waals surface area contributed by atoms with E-state index in [0.29, 0.717) is 46.2 Å². The molecule has 4 rings (SSSR count). The Bertz CT molecular complexity index is 1360. The summed E-state index contributed by atoms with van der Waals surface area (Å²) in [5.41, 5.74) is 2.55. The number of hydrogen-bond acceptors (Lipinski definition) is 10. The molecular weight excluding hydrogens is 532 g/mol. The molecule has 1 aliphatic carbocycles. The van der Waals surface area contributed by atoms with Crippen molar-refractivity contribution in [2.24, 2.45) is 9.98 Å². The van der Waals surface area contributed by atoms with Crippen LogP contribution in [0.4, 0.5) is 5.69 Å². The number of likely N-dealkylation sites (tertiary alicyclic amines) is 1. The van der Waals surface area contributed by atoms with E-state index in [9.17, 15) is 15.2 Å². The fraction of sp³-hybridized carbons (Fsp3) is 0.379. The number of nitriles is 1. The van der Waals surface area contributed by atoms with Gasteiger partial charge in [0.1, 0.15) is 36.0 Å². The van der Waals surface area contributed by atoms with Crippen LogP contribution in [-0.2, 0) is 6.42 Å². The van der Waals surface area contributed by atoms with Gasteiger partial charge in [-0.3, -0.25) is 15.1 Å². The number of aryl methyl sites for hydroxylation is 1. The van der Waals surface area contributed by atoms with Crippen LogP contribution in [0.3, 0.4) is 0 Å². The SMILES string of the molecule is C=N/C(Oc1cccc2c1C(=O)CC2)=C(/C#N)C=NCNc1cc(Cl)c(C(O)NC2CCN(C)CC2)cc1OC. The molecule has 10 nitrogen and oxygen atoms in total. The topological polar surface area (TPSA) is 132 Å². The number of nitrogens with one attached hydrogen (secondary N) is 2. The maximum absolute atomic E-state index is 12.3. The van der Waals surface area contributed by atoms with Crippen molar-refractivity contribution in [3.63, 3.8) is 0 Å². The summed E-state index contributed by atoms with van der Waals surface area (Å²) in [6, 6.07) is 10.9. The zero-order valence-electron chi connectivity index (χ0n) is 22.6. The van der Waals surface area contributed by atoms with Gasteiger partial charge in [0.15, 0.2) is 5.78 Å². The molecule has 1 heterocycles. The van der Waals surface area contributed by atoms with Crippen molar-refractivity contribution >= 4 is 36.0 Å². The number of benzene rings is 2. The lowest BCUT2D eigenvalue weighted by Gasteiger charge is -2.31. The number of anilines is 1. The van der Waals surface area contributed by atoms with E-state index >= 15 is 0 Å². The number of carbonyl (C=O) groups is 1. The van der Waals surface area contributed by atoms with Crippen LogP contribution in [0.15, 0.2) is 51.8 Å². The number of carbonyl (C=O) groups excluding carboxylic acids is 1. The number of fused-ring (bicyclic) bond motifs is 1. The third-order valence-corrected chi connectivity index (χ3v) is 7.35. The lowest BCUT2D eigenvalue weighted by atomic mass is 10.0. The van der Waals surface area contributed by atoms with Crippen LogP contribution in [0.5, 0.6) is 11.5 Å². The van der Waals surface area contributed by atoms with Gasteiger partial charge in [0, 0.05) is 24.2 Å². The van der Waals surface area contributed by atoms with E-state index in [4.69, 9.17) is 21.1 Å². The Hall–Kier alpha value is -3.75. The maximum Gasteiger partial charge on any atom is 0.238 e. The van der Waals surface area contributed by atoms with Gasteiger partial charge < -0.3 is 24.8 Å². The van der Waals surface area contributed by atoms with Gasteiger partial charge in [0.25, 0.3) is 0 Å². The number of allylic oxidation sites excluding steroid dienone is 1. The molecule has 2 aliphatic rings. The molecule has 40 heavy (non-hydrogen) atoms. The number of aliphatic hydroxyl groups is 1. The molecule has 2 aromatic carbocycles. The van der Waals surface area contributed by atoms with Crippen molar-refractivity contribution in [1.82, 2.24) is 10.2 Å². The molecule has 0 bridgehead atoms. The zero-order chi connectivity index (χ0) is 28.6. The maximum atomic E-state index is 12.3. The molecule has 1 saturated heterocycles. The summed E-state index contributed by atoms with van der Waals surface area (Å²) in [5, 5.41) is 27.2. The molecule has 0 radical (unpaired) electrons. The predicted octanol–water partition coefficient (Wildman–Crippen LogP) is 4.11. The highest BCUT2D eigenvalue weighted by molar-refractivity contribution is 6.31. The Morgan fingerprint density at radius 1 is 1.32 bits per heavy atom. The first-order valence-corrected chi connectivity index (χ1v) is 13.4. The normalized spacial score (nSPS) is 17.2. The van der Waals surface area contributed by atoms with Crippen LogP contribution < -0.4 is 20.1 Å². The summed E-state index contributed by atoms with van der Waals surface area (Å²) in [4.78, 5) is 22.7. The van der Waals surface area contributed by atoms with Gasteiger partial charge in [-0.1, -0.05) is 23.7 Å². The molecule has 0 saturated carbocycles. The van der Waals surface area contributed by atoms with Crippen LogP contribution in [0.1, 0.15) is 47.0 Å². The summed E-state index contributed by atoms with van der Waals surface area (Å²) in [6.07, 6.45) is 3.36. The molecule has 1 unspecified atom stereocenters. The first-order chi connectivity index (χ1) is 19.3. The monoisotopic (exact) mass is 564 g/mol. The molecule has 0 aromatic heterocycles. The van der Waals surface area contributed by atoms with Crippen molar-refractivity contribution in [3.05, 3.63) is 63.5 Å². The van der Waals surface area contributed by atoms with Crippen molar-refractivity contribution < 1.29 is 19.4 Å². The number of methoxy groups -OCH3 is 1. The van der Waals surface area contributed by atoms with Gasteiger partial charge in [-0.05, 0) is 69.9 Å². The number of ether oxygens (including phenoxy) is 2. The molecule has 2 aromatic rings. The fourth-order valence-corrected chi connectivity index (χ4v) is 5.08. The second-order valence-corrected chi connectivity index (χ2v) is 10.1. The quantitative estimate of drug-likeness (QED) is 0.161. The van der Waals surface area contributed by atoms with E-state index in [1.54, 1.807) is 24.3 Å². The molecule has 210 valence electrons. The van der Waals surface area contributed by atoms with Gasteiger partial charge in [-0.2, -0.15) is 5.26 Å². The van der Waals surface area contributed by atoms with Crippen molar-refractivity contribution in [2.75, 3.05) is 39.2 Å². The standard InChI is InChI=1S/C29H33ClN6O4/c1-32-29(40-25-6-4-5-18-7-8-24(37)27(18)25)19(15-31)16-33-17-34-23-14-22(30)21(13-26(23)39-3)28(38)35-20-9-11-36(2)12-10-20/h4-6,13-14,16,20,28,34-35,38H,1,7-12,17H2,2-3H3/b29-19+,33-16?. The molecule has 3 N–H and O–H groups in total.